The fourth-order valence-electron chi connectivity index (χ4n) is 8.51. The van der Waals surface area contributed by atoms with Crippen molar-refractivity contribution in [2.75, 3.05) is 33.3 Å². The van der Waals surface area contributed by atoms with Crippen molar-refractivity contribution >= 4 is 27.8 Å². The molecular weight excluding hydrogens is 690 g/mol. The molecule has 4 heterocycles. The van der Waals surface area contributed by atoms with Crippen molar-refractivity contribution in [2.24, 2.45) is 0 Å². The average Bonchev–Trinajstić information content (AvgIpc) is 3.99. The first-order valence-electron chi connectivity index (χ1n) is 18.7. The lowest BCUT2D eigenvalue weighted by Gasteiger charge is -2.28. The predicted octanol–water partition coefficient (Wildman–Crippen LogP) is 5.89. The van der Waals surface area contributed by atoms with Crippen molar-refractivity contribution in [3.8, 4) is 23.3 Å². The summed E-state index contributed by atoms with van der Waals surface area (Å²) < 4.78 is 43.5. The number of aliphatic hydroxyl groups excluding tert-OH is 1. The molecule has 0 bridgehead atoms. The number of hydrogen-bond donors (Lipinski definition) is 2. The van der Waals surface area contributed by atoms with Crippen LogP contribution in [0.3, 0.4) is 0 Å². The number of halogens is 2. The summed E-state index contributed by atoms with van der Waals surface area (Å²) in [4.78, 5) is 17.9. The number of hydrogen-bond acceptors (Lipinski definition) is 9. The van der Waals surface area contributed by atoms with Gasteiger partial charge in [-0.05, 0) is 112 Å². The standard InChI is InChI=1S/C42H44F2N6O4/c1-24-29(9-6-11-31(24)39-46-34-18-26(22-49-14-4-5-15-49)17-27(21-45)38(34)48-39)30-10-7-12-32(25(30)2)40-47-33-19-28(36(54-42(43)44)20-37(33)53-40)23-50-16-8-13-35(50)41(51)52-3/h6-7,9-10,12,17,19-20,35,41-42,48,51H,4-5,8,11,13-16,18,22-23H2,1-3H3/t35-,41?/m0/s1. The zero-order valence-electron chi connectivity index (χ0n) is 30.8. The van der Waals surface area contributed by atoms with Crippen LogP contribution in [0, 0.1) is 18.3 Å². The van der Waals surface area contributed by atoms with E-state index in [9.17, 15) is 19.1 Å². The molecule has 2 fully saturated rings. The largest absolute Gasteiger partial charge is 0.436 e. The lowest BCUT2D eigenvalue weighted by molar-refractivity contribution is -0.118. The number of oxazole rings is 1. The van der Waals surface area contributed by atoms with Gasteiger partial charge < -0.3 is 24.0 Å². The summed E-state index contributed by atoms with van der Waals surface area (Å²) in [5.74, 6) is 0.383. The highest BCUT2D eigenvalue weighted by Gasteiger charge is 2.32. The van der Waals surface area contributed by atoms with Crippen LogP contribution in [0.2, 0.25) is 0 Å². The van der Waals surface area contributed by atoms with E-state index >= 15 is 0 Å². The molecule has 2 aromatic carbocycles. The number of aliphatic hydroxyl groups is 1. The highest BCUT2D eigenvalue weighted by molar-refractivity contribution is 5.91. The number of allylic oxidation sites excluding steroid dienone is 5. The zero-order chi connectivity index (χ0) is 37.5. The third-order valence-electron chi connectivity index (χ3n) is 11.3. The molecule has 0 saturated carbocycles. The Morgan fingerprint density at radius 3 is 2.69 bits per heavy atom. The third kappa shape index (κ3) is 6.93. The number of ether oxygens (including phenoxy) is 2. The number of nitrogens with one attached hydrogen (secondary N) is 1. The number of aromatic amines is 1. The van der Waals surface area contributed by atoms with Crippen molar-refractivity contribution in [3.05, 3.63) is 92.9 Å². The van der Waals surface area contributed by atoms with Gasteiger partial charge in [-0.25, -0.2) is 9.97 Å². The number of imidazole rings is 1. The molecule has 2 aliphatic carbocycles. The maximum atomic E-state index is 13.6. The van der Waals surface area contributed by atoms with Crippen LogP contribution in [-0.4, -0.2) is 82.1 Å². The molecule has 2 atom stereocenters. The van der Waals surface area contributed by atoms with Gasteiger partial charge in [-0.2, -0.15) is 14.0 Å². The van der Waals surface area contributed by atoms with Gasteiger partial charge in [0.25, 0.3) is 0 Å². The quantitative estimate of drug-likeness (QED) is 0.192. The lowest BCUT2D eigenvalue weighted by Crippen LogP contribution is -2.39. The third-order valence-corrected chi connectivity index (χ3v) is 11.3. The van der Waals surface area contributed by atoms with Gasteiger partial charge in [0.1, 0.15) is 22.8 Å². The second-order valence-electron chi connectivity index (χ2n) is 14.6. The Kier molecular flexibility index (Phi) is 10.1. The van der Waals surface area contributed by atoms with Gasteiger partial charge in [0, 0.05) is 49.4 Å². The molecule has 1 unspecified atom stereocenters. The second-order valence-corrected chi connectivity index (χ2v) is 14.6. The molecule has 8 rings (SSSR count). The maximum Gasteiger partial charge on any atom is 0.387 e. The summed E-state index contributed by atoms with van der Waals surface area (Å²) in [6, 6.07) is 11.3. The highest BCUT2D eigenvalue weighted by atomic mass is 19.3. The van der Waals surface area contributed by atoms with Crippen molar-refractivity contribution < 1.29 is 27.8 Å². The van der Waals surface area contributed by atoms with Crippen LogP contribution in [0.15, 0.2) is 64.1 Å². The van der Waals surface area contributed by atoms with E-state index in [1.807, 2.05) is 30.0 Å². The molecule has 12 heteroatoms. The summed E-state index contributed by atoms with van der Waals surface area (Å²) >= 11 is 0. The molecule has 0 radical (unpaired) electrons. The molecule has 0 amide bonds. The molecule has 2 aliphatic heterocycles. The molecule has 10 nitrogen and oxygen atoms in total. The summed E-state index contributed by atoms with van der Waals surface area (Å²) in [6.07, 6.45) is 10.8. The SMILES string of the molecule is COC(O)[C@@H]1CCCN1Cc1cc2nc(-c3cccc(C4=C(C)C(=c5nc6c([nH]5)=C(C#N)C=C(CN5CCCC5)C6)CC=C4)c3C)oc2cc1OC(F)F. The Hall–Kier alpha value is -4.93. The van der Waals surface area contributed by atoms with Crippen LogP contribution in [-0.2, 0) is 17.7 Å². The normalized spacial score (nSPS) is 21.0. The number of likely N-dealkylation sites (tertiary alicyclic amines) is 2. The number of fused-ring (bicyclic) bond motifs is 2. The van der Waals surface area contributed by atoms with Crippen LogP contribution < -0.4 is 15.6 Å². The molecule has 0 spiro atoms. The van der Waals surface area contributed by atoms with E-state index < -0.39 is 12.9 Å². The minimum Gasteiger partial charge on any atom is -0.436 e. The van der Waals surface area contributed by atoms with Crippen LogP contribution >= 0.6 is 0 Å². The number of rotatable bonds is 10. The summed E-state index contributed by atoms with van der Waals surface area (Å²) in [5.41, 5.74) is 10.9. The first-order valence-corrected chi connectivity index (χ1v) is 18.7. The lowest BCUT2D eigenvalue weighted by atomic mass is 9.87. The van der Waals surface area contributed by atoms with E-state index in [4.69, 9.17) is 23.9 Å². The second kappa shape index (κ2) is 15.1. The number of nitriles is 1. The summed E-state index contributed by atoms with van der Waals surface area (Å²) in [6.45, 7) is 5.16. The highest BCUT2D eigenvalue weighted by Crippen LogP contribution is 2.38. The Labute approximate surface area is 312 Å². The predicted molar refractivity (Wildman–Crippen MR) is 201 cm³/mol. The monoisotopic (exact) mass is 734 g/mol. The van der Waals surface area contributed by atoms with Gasteiger partial charge in [0.05, 0.1) is 22.7 Å². The van der Waals surface area contributed by atoms with Crippen molar-refractivity contribution in [1.29, 1.82) is 5.26 Å². The van der Waals surface area contributed by atoms with Crippen LogP contribution in [0.4, 0.5) is 8.78 Å². The molecule has 280 valence electrons. The van der Waals surface area contributed by atoms with Gasteiger partial charge in [-0.3, -0.25) is 9.80 Å². The number of methoxy groups -OCH3 is 1. The minimum atomic E-state index is -3.02. The fraction of sp³-hybridized carbons (Fsp3) is 0.405. The number of benzene rings is 2. The Balaban J connectivity index is 1.13. The Bertz CT molecular complexity index is 2360. The van der Waals surface area contributed by atoms with Crippen molar-refractivity contribution in [2.45, 2.75) is 77.9 Å². The number of nitrogens with zero attached hydrogens (tertiary/aromatic N) is 5. The van der Waals surface area contributed by atoms with Crippen molar-refractivity contribution in [3.63, 3.8) is 0 Å². The maximum absolute atomic E-state index is 13.6. The van der Waals surface area contributed by atoms with E-state index in [0.29, 0.717) is 41.1 Å². The molecule has 4 aliphatic rings. The van der Waals surface area contributed by atoms with Gasteiger partial charge >= 0.3 is 6.61 Å². The van der Waals surface area contributed by atoms with E-state index in [0.717, 1.165) is 88.8 Å². The topological polar surface area (TPSA) is 124 Å². The Morgan fingerprint density at radius 2 is 1.91 bits per heavy atom. The van der Waals surface area contributed by atoms with Crippen LogP contribution in [0.5, 0.6) is 5.75 Å². The van der Waals surface area contributed by atoms with E-state index in [2.05, 4.69) is 41.1 Å². The summed E-state index contributed by atoms with van der Waals surface area (Å²) in [5, 5.41) is 21.2. The first kappa shape index (κ1) is 36.1. The molecule has 54 heavy (non-hydrogen) atoms. The number of H-pyrrole nitrogens is 1. The van der Waals surface area contributed by atoms with Gasteiger partial charge in [0.15, 0.2) is 11.9 Å². The fourth-order valence-corrected chi connectivity index (χ4v) is 8.51. The zero-order valence-corrected chi connectivity index (χ0v) is 30.8. The average molecular weight is 735 g/mol. The molecule has 4 aromatic rings. The smallest absolute Gasteiger partial charge is 0.387 e. The van der Waals surface area contributed by atoms with Crippen LogP contribution in [0.1, 0.15) is 61.4 Å². The van der Waals surface area contributed by atoms with E-state index in [1.165, 1.54) is 31.6 Å². The van der Waals surface area contributed by atoms with E-state index in [1.54, 1.807) is 6.07 Å². The van der Waals surface area contributed by atoms with E-state index in [-0.39, 0.29) is 18.3 Å². The minimum absolute atomic E-state index is 0.0112. The van der Waals surface area contributed by atoms with Crippen molar-refractivity contribution in [1.82, 2.24) is 24.8 Å². The molecule has 2 N–H and O–H groups in total. The summed E-state index contributed by atoms with van der Waals surface area (Å²) in [7, 11) is 1.45. The van der Waals surface area contributed by atoms with Gasteiger partial charge in [-0.1, -0.05) is 24.3 Å². The van der Waals surface area contributed by atoms with Crippen LogP contribution in [0.25, 0.3) is 39.3 Å². The number of aromatic nitrogens is 3. The number of alkyl halides is 2. The Morgan fingerprint density at radius 1 is 1.09 bits per heavy atom. The molecular formula is C42H44F2N6O4. The molecule has 2 aromatic heterocycles. The van der Waals surface area contributed by atoms with Gasteiger partial charge in [-0.15, -0.1) is 0 Å². The first-order chi connectivity index (χ1) is 26.2. The molecule has 2 saturated heterocycles. The van der Waals surface area contributed by atoms with Gasteiger partial charge in [0.2, 0.25) is 5.89 Å².